The summed E-state index contributed by atoms with van der Waals surface area (Å²) in [5, 5.41) is 4.11. The molecule has 98 valence electrons. The lowest BCUT2D eigenvalue weighted by Crippen LogP contribution is -2.42. The van der Waals surface area contributed by atoms with Crippen LogP contribution in [0.25, 0.3) is 0 Å². The third kappa shape index (κ3) is 2.69. The van der Waals surface area contributed by atoms with Crippen LogP contribution in [0.5, 0.6) is 0 Å². The molecule has 1 aromatic carbocycles. The summed E-state index contributed by atoms with van der Waals surface area (Å²) < 4.78 is 1.13. The molecular formula is C13H14N4O2. The van der Waals surface area contributed by atoms with Crippen molar-refractivity contribution in [2.24, 2.45) is 5.84 Å². The Labute approximate surface area is 109 Å². The second-order valence-corrected chi connectivity index (χ2v) is 4.08. The number of hydrogen-bond acceptors (Lipinski definition) is 4. The zero-order chi connectivity index (χ0) is 13.8. The van der Waals surface area contributed by atoms with Gasteiger partial charge in [-0.15, -0.1) is 0 Å². The summed E-state index contributed by atoms with van der Waals surface area (Å²) in [6.45, 7) is 1.75. The number of aromatic nitrogens is 2. The molecule has 2 aromatic rings. The molecule has 0 spiro atoms. The Kier molecular flexibility index (Phi) is 3.72. The summed E-state index contributed by atoms with van der Waals surface area (Å²) in [6.07, 6.45) is 0. The molecule has 6 nitrogen and oxygen atoms in total. The molecule has 0 saturated carbocycles. The van der Waals surface area contributed by atoms with E-state index < -0.39 is 11.9 Å². The number of nitrogens with one attached hydrogen (secondary N) is 1. The molecule has 0 aliphatic rings. The van der Waals surface area contributed by atoms with Gasteiger partial charge in [0, 0.05) is 6.07 Å². The van der Waals surface area contributed by atoms with Gasteiger partial charge in [-0.25, -0.2) is 10.5 Å². The Bertz CT molecular complexity index is 637. The molecule has 0 aliphatic heterocycles. The molecule has 3 N–H and O–H groups in total. The van der Waals surface area contributed by atoms with Gasteiger partial charge in [-0.3, -0.25) is 15.0 Å². The maximum Gasteiger partial charge on any atom is 0.267 e. The van der Waals surface area contributed by atoms with Crippen LogP contribution in [0.15, 0.2) is 47.3 Å². The summed E-state index contributed by atoms with van der Waals surface area (Å²) in [6, 6.07) is 11.0. The van der Waals surface area contributed by atoms with Gasteiger partial charge in [0.25, 0.3) is 11.5 Å². The fourth-order valence-corrected chi connectivity index (χ4v) is 1.82. The molecule has 0 saturated heterocycles. The van der Waals surface area contributed by atoms with Crippen LogP contribution >= 0.6 is 0 Å². The number of amides is 1. The first-order valence-electron chi connectivity index (χ1n) is 5.75. The third-order valence-electron chi connectivity index (χ3n) is 2.71. The van der Waals surface area contributed by atoms with Crippen molar-refractivity contribution in [1.29, 1.82) is 0 Å². The number of nitrogens with zero attached hydrogens (tertiary/aromatic N) is 2. The molecule has 0 bridgehead atoms. The van der Waals surface area contributed by atoms with Crippen LogP contribution in [0, 0.1) is 6.92 Å². The zero-order valence-corrected chi connectivity index (χ0v) is 10.4. The van der Waals surface area contributed by atoms with E-state index in [1.54, 1.807) is 37.3 Å². The van der Waals surface area contributed by atoms with E-state index in [0.717, 1.165) is 4.68 Å². The van der Waals surface area contributed by atoms with Crippen molar-refractivity contribution in [3.8, 4) is 0 Å². The number of nitrogens with two attached hydrogens (primary N) is 1. The number of carbonyl (C=O) groups excluding carboxylic acids is 1. The average molecular weight is 258 g/mol. The molecule has 1 aromatic heterocycles. The van der Waals surface area contributed by atoms with Crippen LogP contribution in [0.3, 0.4) is 0 Å². The zero-order valence-electron chi connectivity index (χ0n) is 10.4. The fourth-order valence-electron chi connectivity index (χ4n) is 1.82. The maximum atomic E-state index is 11.9. The van der Waals surface area contributed by atoms with Gasteiger partial charge in [-0.2, -0.15) is 5.10 Å². The average Bonchev–Trinajstić information content (AvgIpc) is 2.44. The second kappa shape index (κ2) is 5.45. The van der Waals surface area contributed by atoms with E-state index in [2.05, 4.69) is 10.5 Å². The third-order valence-corrected chi connectivity index (χ3v) is 2.71. The lowest BCUT2D eigenvalue weighted by atomic mass is 10.1. The van der Waals surface area contributed by atoms with Gasteiger partial charge in [-0.1, -0.05) is 30.3 Å². The topological polar surface area (TPSA) is 90.0 Å². The van der Waals surface area contributed by atoms with Crippen molar-refractivity contribution in [2.45, 2.75) is 13.0 Å². The standard InChI is InChI=1S/C13H14N4O2/c1-9-7-8-11(18)17(16-9)12(13(19)15-14)10-5-3-2-4-6-10/h2-8,12H,14H2,1H3,(H,15,19)/t12-/m1/s1. The molecule has 0 radical (unpaired) electrons. The minimum Gasteiger partial charge on any atom is -0.292 e. The van der Waals surface area contributed by atoms with Crippen molar-refractivity contribution in [3.63, 3.8) is 0 Å². The Morgan fingerprint density at radius 1 is 1.26 bits per heavy atom. The Hall–Kier alpha value is -2.47. The number of benzene rings is 1. The Morgan fingerprint density at radius 3 is 2.58 bits per heavy atom. The van der Waals surface area contributed by atoms with Crippen LogP contribution < -0.4 is 16.8 Å². The van der Waals surface area contributed by atoms with Gasteiger partial charge in [-0.05, 0) is 18.6 Å². The maximum absolute atomic E-state index is 11.9. The van der Waals surface area contributed by atoms with Gasteiger partial charge in [0.05, 0.1) is 5.69 Å². The summed E-state index contributed by atoms with van der Waals surface area (Å²) in [5.74, 6) is 4.70. The van der Waals surface area contributed by atoms with E-state index in [1.165, 1.54) is 6.07 Å². The smallest absolute Gasteiger partial charge is 0.267 e. The molecule has 0 unspecified atom stereocenters. The van der Waals surface area contributed by atoms with E-state index in [9.17, 15) is 9.59 Å². The summed E-state index contributed by atoms with van der Waals surface area (Å²) >= 11 is 0. The molecule has 0 fully saturated rings. The van der Waals surface area contributed by atoms with Crippen molar-refractivity contribution < 1.29 is 4.79 Å². The summed E-state index contributed by atoms with van der Waals surface area (Å²) in [5.41, 5.74) is 3.00. The highest BCUT2D eigenvalue weighted by Crippen LogP contribution is 2.15. The second-order valence-electron chi connectivity index (χ2n) is 4.08. The molecule has 0 aliphatic carbocycles. The lowest BCUT2D eigenvalue weighted by Gasteiger charge is -2.17. The molecule has 1 heterocycles. The molecule has 1 amide bonds. The Balaban J connectivity index is 2.59. The van der Waals surface area contributed by atoms with E-state index in [1.807, 2.05) is 6.07 Å². The van der Waals surface area contributed by atoms with E-state index in [-0.39, 0.29) is 5.56 Å². The summed E-state index contributed by atoms with van der Waals surface area (Å²) in [4.78, 5) is 23.8. The molecular weight excluding hydrogens is 244 g/mol. The fraction of sp³-hybridized carbons (Fsp3) is 0.154. The summed E-state index contributed by atoms with van der Waals surface area (Å²) in [7, 11) is 0. The van der Waals surface area contributed by atoms with Crippen LogP contribution in [0.4, 0.5) is 0 Å². The van der Waals surface area contributed by atoms with E-state index in [4.69, 9.17) is 5.84 Å². The number of hydrazine groups is 1. The van der Waals surface area contributed by atoms with E-state index >= 15 is 0 Å². The van der Waals surface area contributed by atoms with Crippen LogP contribution in [0.2, 0.25) is 0 Å². The first-order valence-corrected chi connectivity index (χ1v) is 5.75. The van der Waals surface area contributed by atoms with Crippen LogP contribution in [0.1, 0.15) is 17.3 Å². The highest BCUT2D eigenvalue weighted by Gasteiger charge is 2.23. The SMILES string of the molecule is Cc1ccc(=O)n([C@@H](C(=O)NN)c2ccccc2)n1. The molecule has 2 rings (SSSR count). The minimum atomic E-state index is -0.876. The quantitative estimate of drug-likeness (QED) is 0.465. The number of aryl methyl sites for hydroxylation is 1. The first kappa shape index (κ1) is 13.0. The van der Waals surface area contributed by atoms with Crippen LogP contribution in [-0.4, -0.2) is 15.7 Å². The van der Waals surface area contributed by atoms with Gasteiger partial charge >= 0.3 is 0 Å². The van der Waals surface area contributed by atoms with Crippen molar-refractivity contribution in [1.82, 2.24) is 15.2 Å². The normalized spacial score (nSPS) is 11.9. The van der Waals surface area contributed by atoms with Crippen molar-refractivity contribution in [3.05, 3.63) is 64.1 Å². The van der Waals surface area contributed by atoms with Gasteiger partial charge in [0.15, 0.2) is 6.04 Å². The van der Waals surface area contributed by atoms with Crippen LogP contribution in [-0.2, 0) is 4.79 Å². The highest BCUT2D eigenvalue weighted by molar-refractivity contribution is 5.82. The first-order chi connectivity index (χ1) is 9.13. The van der Waals surface area contributed by atoms with E-state index in [0.29, 0.717) is 11.3 Å². The molecule has 6 heteroatoms. The van der Waals surface area contributed by atoms with Crippen molar-refractivity contribution in [2.75, 3.05) is 0 Å². The molecule has 1 atom stereocenters. The number of carbonyl (C=O) groups is 1. The number of hydrogen-bond donors (Lipinski definition) is 2. The van der Waals surface area contributed by atoms with Gasteiger partial charge < -0.3 is 0 Å². The van der Waals surface area contributed by atoms with Crippen molar-refractivity contribution >= 4 is 5.91 Å². The largest absolute Gasteiger partial charge is 0.292 e. The highest BCUT2D eigenvalue weighted by atomic mass is 16.2. The van der Waals surface area contributed by atoms with Gasteiger partial charge in [0.1, 0.15) is 0 Å². The lowest BCUT2D eigenvalue weighted by molar-refractivity contribution is -0.123. The predicted octanol–water partition coefficient (Wildman–Crippen LogP) is 0.131. The Morgan fingerprint density at radius 2 is 1.95 bits per heavy atom. The monoisotopic (exact) mass is 258 g/mol. The van der Waals surface area contributed by atoms with Gasteiger partial charge in [0.2, 0.25) is 0 Å². The minimum absolute atomic E-state index is 0.358. The predicted molar refractivity (Wildman–Crippen MR) is 70.1 cm³/mol. The number of rotatable bonds is 3. The molecule has 19 heavy (non-hydrogen) atoms.